The monoisotopic (exact) mass is 235 g/mol. The van der Waals surface area contributed by atoms with Crippen molar-refractivity contribution in [1.82, 2.24) is 5.32 Å². The Hall–Kier alpha value is -1.55. The topological polar surface area (TPSA) is 69.6 Å². The molecule has 17 heavy (non-hydrogen) atoms. The first-order chi connectivity index (χ1) is 8.00. The maximum Gasteiger partial charge on any atom is 0.307 e. The summed E-state index contributed by atoms with van der Waals surface area (Å²) in [7, 11) is 0. The van der Waals surface area contributed by atoms with Gasteiger partial charge in [0, 0.05) is 18.2 Å². The molecule has 0 radical (unpaired) electrons. The molecular weight excluding hydrogens is 218 g/mol. The Morgan fingerprint density at radius 2 is 2.00 bits per heavy atom. The van der Waals surface area contributed by atoms with Crippen LogP contribution in [0.2, 0.25) is 0 Å². The number of carboxylic acids is 1. The fourth-order valence-electron chi connectivity index (χ4n) is 2.40. The second kappa shape index (κ2) is 4.37. The molecule has 0 aromatic heterocycles. The molecule has 0 aliphatic carbocycles. The first-order valence-electron chi connectivity index (χ1n) is 5.76. The van der Waals surface area contributed by atoms with Crippen molar-refractivity contribution in [3.8, 4) is 5.75 Å². The first kappa shape index (κ1) is 11.9. The molecule has 1 aliphatic rings. The fraction of sp³-hybridized carbons (Fsp3) is 0.462. The Bertz CT molecular complexity index is 456. The van der Waals surface area contributed by atoms with Crippen molar-refractivity contribution in [2.75, 3.05) is 6.54 Å². The van der Waals surface area contributed by atoms with Crippen molar-refractivity contribution >= 4 is 5.97 Å². The Balaban J connectivity index is 2.30. The summed E-state index contributed by atoms with van der Waals surface area (Å²) in [6, 6.07) is 3.77. The molecule has 0 amide bonds. The molecule has 0 spiro atoms. The summed E-state index contributed by atoms with van der Waals surface area (Å²) in [6.07, 6.45) is 0.535. The highest BCUT2D eigenvalue weighted by molar-refractivity contribution is 5.71. The summed E-state index contributed by atoms with van der Waals surface area (Å²) in [4.78, 5) is 10.9. The van der Waals surface area contributed by atoms with Crippen LogP contribution in [0, 0.1) is 19.8 Å². The third kappa shape index (κ3) is 2.13. The number of rotatable bonds is 2. The molecule has 1 saturated heterocycles. The summed E-state index contributed by atoms with van der Waals surface area (Å²) < 4.78 is 0. The van der Waals surface area contributed by atoms with E-state index in [1.165, 1.54) is 0 Å². The van der Waals surface area contributed by atoms with Crippen LogP contribution in [0.25, 0.3) is 0 Å². The van der Waals surface area contributed by atoms with Gasteiger partial charge in [-0.05, 0) is 31.4 Å². The molecule has 4 heteroatoms. The molecule has 4 nitrogen and oxygen atoms in total. The van der Waals surface area contributed by atoms with Gasteiger partial charge in [-0.3, -0.25) is 4.79 Å². The van der Waals surface area contributed by atoms with E-state index in [1.54, 1.807) is 0 Å². The number of aliphatic carboxylic acids is 1. The van der Waals surface area contributed by atoms with E-state index in [0.29, 0.717) is 13.0 Å². The van der Waals surface area contributed by atoms with Gasteiger partial charge in [0.1, 0.15) is 5.75 Å². The van der Waals surface area contributed by atoms with Crippen molar-refractivity contribution in [2.45, 2.75) is 26.3 Å². The van der Waals surface area contributed by atoms with Gasteiger partial charge in [-0.1, -0.05) is 12.1 Å². The number of phenolic OH excluding ortho intramolecular Hbond substituents is 1. The Morgan fingerprint density at radius 1 is 1.35 bits per heavy atom. The summed E-state index contributed by atoms with van der Waals surface area (Å²) in [5, 5.41) is 22.2. The molecule has 1 aromatic rings. The average Bonchev–Trinajstić information content (AvgIpc) is 2.73. The quantitative estimate of drug-likeness (QED) is 0.730. The van der Waals surface area contributed by atoms with E-state index in [4.69, 9.17) is 5.11 Å². The van der Waals surface area contributed by atoms with Crippen LogP contribution >= 0.6 is 0 Å². The van der Waals surface area contributed by atoms with E-state index < -0.39 is 5.97 Å². The molecule has 0 saturated carbocycles. The third-order valence-corrected chi connectivity index (χ3v) is 3.47. The van der Waals surface area contributed by atoms with E-state index in [2.05, 4.69) is 5.32 Å². The van der Waals surface area contributed by atoms with Crippen LogP contribution in [0.15, 0.2) is 12.1 Å². The Morgan fingerprint density at radius 3 is 2.59 bits per heavy atom. The zero-order chi connectivity index (χ0) is 12.6. The van der Waals surface area contributed by atoms with E-state index in [1.807, 2.05) is 26.0 Å². The van der Waals surface area contributed by atoms with Crippen molar-refractivity contribution in [3.63, 3.8) is 0 Å². The second-order valence-corrected chi connectivity index (χ2v) is 4.69. The van der Waals surface area contributed by atoms with Gasteiger partial charge in [-0.25, -0.2) is 0 Å². The fourth-order valence-corrected chi connectivity index (χ4v) is 2.40. The highest BCUT2D eigenvalue weighted by Crippen LogP contribution is 2.36. The molecule has 2 atom stereocenters. The van der Waals surface area contributed by atoms with Crippen molar-refractivity contribution < 1.29 is 15.0 Å². The molecule has 92 valence electrons. The van der Waals surface area contributed by atoms with Gasteiger partial charge in [0.2, 0.25) is 0 Å². The third-order valence-electron chi connectivity index (χ3n) is 3.47. The maximum absolute atomic E-state index is 10.9. The Kier molecular flexibility index (Phi) is 3.07. The average molecular weight is 235 g/mol. The molecular formula is C13H17NO3. The molecule has 1 fully saturated rings. The molecule has 1 aromatic carbocycles. The lowest BCUT2D eigenvalue weighted by molar-refractivity contribution is -0.141. The predicted molar refractivity (Wildman–Crippen MR) is 64.1 cm³/mol. The van der Waals surface area contributed by atoms with Gasteiger partial charge in [0.15, 0.2) is 0 Å². The minimum absolute atomic E-state index is 0.0593. The van der Waals surface area contributed by atoms with Crippen molar-refractivity contribution in [3.05, 3.63) is 28.8 Å². The lowest BCUT2D eigenvalue weighted by Crippen LogP contribution is -2.17. The number of hydrogen-bond acceptors (Lipinski definition) is 3. The largest absolute Gasteiger partial charge is 0.507 e. The van der Waals surface area contributed by atoms with E-state index in [9.17, 15) is 9.90 Å². The van der Waals surface area contributed by atoms with Crippen LogP contribution in [0.3, 0.4) is 0 Å². The highest BCUT2D eigenvalue weighted by Gasteiger charge is 2.32. The van der Waals surface area contributed by atoms with E-state index >= 15 is 0 Å². The van der Waals surface area contributed by atoms with Gasteiger partial charge >= 0.3 is 5.97 Å². The number of hydrogen-bond donors (Lipinski definition) is 3. The molecule has 2 unspecified atom stereocenters. The summed E-state index contributed by atoms with van der Waals surface area (Å²) in [5.74, 6) is -0.849. The van der Waals surface area contributed by atoms with Crippen molar-refractivity contribution in [2.24, 2.45) is 5.92 Å². The minimum atomic E-state index is -0.773. The van der Waals surface area contributed by atoms with Gasteiger partial charge in [-0.15, -0.1) is 0 Å². The van der Waals surface area contributed by atoms with Crippen LogP contribution < -0.4 is 5.32 Å². The number of nitrogens with one attached hydrogen (secondary N) is 1. The smallest absolute Gasteiger partial charge is 0.307 e. The highest BCUT2D eigenvalue weighted by atomic mass is 16.4. The van der Waals surface area contributed by atoms with Gasteiger partial charge in [0.05, 0.1) is 5.92 Å². The van der Waals surface area contributed by atoms with Crippen LogP contribution in [-0.4, -0.2) is 22.7 Å². The summed E-state index contributed by atoms with van der Waals surface area (Å²) in [6.45, 7) is 4.25. The first-order valence-corrected chi connectivity index (χ1v) is 5.76. The number of aryl methyl sites for hydroxylation is 2. The maximum atomic E-state index is 10.9. The number of phenols is 1. The van der Waals surface area contributed by atoms with Gasteiger partial charge in [-0.2, -0.15) is 0 Å². The van der Waals surface area contributed by atoms with Gasteiger partial charge in [0.25, 0.3) is 0 Å². The SMILES string of the molecule is Cc1ccc(C)c(C2CC(C(=O)O)CN2)c1O. The van der Waals surface area contributed by atoms with Crippen molar-refractivity contribution in [1.29, 1.82) is 0 Å². The van der Waals surface area contributed by atoms with Crippen LogP contribution in [-0.2, 0) is 4.79 Å². The minimum Gasteiger partial charge on any atom is -0.507 e. The number of carbonyl (C=O) groups is 1. The number of benzene rings is 1. The lowest BCUT2D eigenvalue weighted by Gasteiger charge is -2.17. The number of aromatic hydroxyl groups is 1. The van der Waals surface area contributed by atoms with Crippen LogP contribution in [0.5, 0.6) is 5.75 Å². The predicted octanol–water partition coefficient (Wildman–Crippen LogP) is 1.74. The summed E-state index contributed by atoms with van der Waals surface area (Å²) >= 11 is 0. The lowest BCUT2D eigenvalue weighted by atomic mass is 9.94. The van der Waals surface area contributed by atoms with E-state index in [-0.39, 0.29) is 17.7 Å². The molecule has 1 aliphatic heterocycles. The zero-order valence-electron chi connectivity index (χ0n) is 10.0. The van der Waals surface area contributed by atoms with E-state index in [0.717, 1.165) is 16.7 Å². The van der Waals surface area contributed by atoms with Gasteiger partial charge < -0.3 is 15.5 Å². The number of carboxylic acid groups (broad SMARTS) is 1. The standard InChI is InChI=1S/C13H17NO3/c1-7-3-4-8(2)12(15)11(7)10-5-9(6-14-10)13(16)17/h3-4,9-10,14-15H,5-6H2,1-2H3,(H,16,17). The molecule has 0 bridgehead atoms. The molecule has 1 heterocycles. The molecule has 3 N–H and O–H groups in total. The van der Waals surface area contributed by atoms with Crippen LogP contribution in [0.1, 0.15) is 29.2 Å². The van der Waals surface area contributed by atoms with Crippen LogP contribution in [0.4, 0.5) is 0 Å². The summed E-state index contributed by atoms with van der Waals surface area (Å²) in [5.41, 5.74) is 2.66. The normalized spacial score (nSPS) is 23.9. The second-order valence-electron chi connectivity index (χ2n) is 4.69. The Labute approximate surface area is 100 Å². The molecule has 2 rings (SSSR count). The zero-order valence-corrected chi connectivity index (χ0v) is 10.0.